The van der Waals surface area contributed by atoms with Gasteiger partial charge in [-0.2, -0.15) is 13.2 Å². The van der Waals surface area contributed by atoms with Crippen molar-refractivity contribution in [1.82, 2.24) is 9.88 Å². The number of imide groups is 1. The van der Waals surface area contributed by atoms with Gasteiger partial charge in [0.1, 0.15) is 11.9 Å². The van der Waals surface area contributed by atoms with Crippen LogP contribution in [0.3, 0.4) is 0 Å². The fourth-order valence-corrected chi connectivity index (χ4v) is 4.36. The third-order valence-corrected chi connectivity index (χ3v) is 6.84. The van der Waals surface area contributed by atoms with Crippen LogP contribution in [-0.4, -0.2) is 41.8 Å². The SMILES string of the molecule is CC1C(=O)N(c2ccc(S(=O)(=O)C(F)(F)F)cc2)C(=O)N1Cc1ccnc2cccc(F)c12. The van der Waals surface area contributed by atoms with Crippen LogP contribution in [0.2, 0.25) is 0 Å². The van der Waals surface area contributed by atoms with Gasteiger partial charge in [0.15, 0.2) is 0 Å². The number of halogens is 4. The number of fused-ring (bicyclic) bond motifs is 1. The highest BCUT2D eigenvalue weighted by molar-refractivity contribution is 7.92. The lowest BCUT2D eigenvalue weighted by atomic mass is 10.1. The molecule has 0 radical (unpaired) electrons. The van der Waals surface area contributed by atoms with E-state index in [1.54, 1.807) is 6.07 Å². The van der Waals surface area contributed by atoms with Crippen molar-refractivity contribution in [2.75, 3.05) is 4.90 Å². The second-order valence-electron chi connectivity index (χ2n) is 7.31. The minimum atomic E-state index is -5.57. The third kappa shape index (κ3) is 3.69. The Bertz CT molecular complexity index is 1370. The highest BCUT2D eigenvalue weighted by atomic mass is 32.2. The maximum atomic E-state index is 14.4. The van der Waals surface area contributed by atoms with Crippen LogP contribution in [0, 0.1) is 5.82 Å². The topological polar surface area (TPSA) is 87.7 Å². The Labute approximate surface area is 185 Å². The van der Waals surface area contributed by atoms with Gasteiger partial charge in [0.25, 0.3) is 15.7 Å². The number of carbonyl (C=O) groups is 2. The van der Waals surface area contributed by atoms with Crippen molar-refractivity contribution in [3.05, 3.63) is 66.1 Å². The Hall–Kier alpha value is -3.54. The van der Waals surface area contributed by atoms with Gasteiger partial charge in [-0.25, -0.2) is 22.5 Å². The number of hydrogen-bond acceptors (Lipinski definition) is 5. The smallest absolute Gasteiger partial charge is 0.308 e. The van der Waals surface area contributed by atoms with Crippen LogP contribution >= 0.6 is 0 Å². The van der Waals surface area contributed by atoms with E-state index in [0.717, 1.165) is 17.0 Å². The first-order chi connectivity index (χ1) is 15.4. The van der Waals surface area contributed by atoms with Gasteiger partial charge in [-0.1, -0.05) is 6.07 Å². The molecule has 1 unspecified atom stereocenters. The van der Waals surface area contributed by atoms with Gasteiger partial charge in [-0.15, -0.1) is 0 Å². The largest absolute Gasteiger partial charge is 0.501 e. The molecule has 0 bridgehead atoms. The molecule has 1 aromatic heterocycles. The first-order valence-corrected chi connectivity index (χ1v) is 11.0. The first kappa shape index (κ1) is 22.6. The summed E-state index contributed by atoms with van der Waals surface area (Å²) in [5.41, 5.74) is -4.79. The van der Waals surface area contributed by atoms with E-state index < -0.39 is 44.0 Å². The van der Waals surface area contributed by atoms with E-state index >= 15 is 0 Å². The van der Waals surface area contributed by atoms with Gasteiger partial charge in [0, 0.05) is 18.1 Å². The average molecular weight is 481 g/mol. The van der Waals surface area contributed by atoms with Crippen LogP contribution in [-0.2, 0) is 21.2 Å². The number of nitrogens with zero attached hydrogens (tertiary/aromatic N) is 3. The van der Waals surface area contributed by atoms with Crippen LogP contribution < -0.4 is 4.90 Å². The standard InChI is InChI=1S/C21H15F4N3O4S/c1-12-19(29)28(14-5-7-15(8-6-14)33(31,32)21(23,24)25)20(30)27(12)11-13-9-10-26-17-4-2-3-16(22)18(13)17/h2-10,12H,11H2,1H3. The van der Waals surface area contributed by atoms with Gasteiger partial charge in [-0.05, 0) is 55.0 Å². The number of benzene rings is 2. The molecule has 0 saturated carbocycles. The zero-order chi connectivity index (χ0) is 24.1. The molecule has 12 heteroatoms. The second kappa shape index (κ2) is 7.80. The van der Waals surface area contributed by atoms with E-state index in [-0.39, 0.29) is 17.6 Å². The molecule has 2 heterocycles. The predicted molar refractivity (Wildman–Crippen MR) is 109 cm³/mol. The Morgan fingerprint density at radius 1 is 1.03 bits per heavy atom. The van der Waals surface area contributed by atoms with Crippen LogP contribution in [0.25, 0.3) is 10.9 Å². The molecule has 0 N–H and O–H groups in total. The fourth-order valence-electron chi connectivity index (χ4n) is 3.60. The number of carbonyl (C=O) groups excluding carboxylic acids is 2. The number of rotatable bonds is 4. The zero-order valence-electron chi connectivity index (χ0n) is 16.9. The monoisotopic (exact) mass is 481 g/mol. The van der Waals surface area contributed by atoms with E-state index in [4.69, 9.17) is 0 Å². The molecular formula is C21H15F4N3O4S. The van der Waals surface area contributed by atoms with Crippen LogP contribution in [0.15, 0.2) is 59.6 Å². The normalized spacial score (nSPS) is 17.3. The Balaban J connectivity index is 1.65. The second-order valence-corrected chi connectivity index (χ2v) is 9.25. The van der Waals surface area contributed by atoms with Gasteiger partial charge in [0.05, 0.1) is 16.1 Å². The molecule has 0 spiro atoms. The molecule has 0 aliphatic carbocycles. The molecule has 33 heavy (non-hydrogen) atoms. The summed E-state index contributed by atoms with van der Waals surface area (Å²) < 4.78 is 75.7. The summed E-state index contributed by atoms with van der Waals surface area (Å²) in [5.74, 6) is -1.20. The predicted octanol–water partition coefficient (Wildman–Crippen LogP) is 4.02. The molecule has 1 aliphatic heterocycles. The summed E-state index contributed by atoms with van der Waals surface area (Å²) >= 11 is 0. The van der Waals surface area contributed by atoms with Crippen molar-refractivity contribution in [2.24, 2.45) is 0 Å². The van der Waals surface area contributed by atoms with Crippen LogP contribution in [0.5, 0.6) is 0 Å². The number of sulfone groups is 1. The van der Waals surface area contributed by atoms with Crippen molar-refractivity contribution in [3.8, 4) is 0 Å². The lowest BCUT2D eigenvalue weighted by molar-refractivity contribution is -0.119. The molecule has 2 aromatic carbocycles. The molecular weight excluding hydrogens is 466 g/mol. The van der Waals surface area contributed by atoms with Gasteiger partial charge < -0.3 is 4.90 Å². The van der Waals surface area contributed by atoms with Crippen LogP contribution in [0.4, 0.5) is 28.0 Å². The van der Waals surface area contributed by atoms with E-state index in [1.165, 1.54) is 36.2 Å². The zero-order valence-corrected chi connectivity index (χ0v) is 17.7. The van der Waals surface area contributed by atoms with Crippen molar-refractivity contribution in [1.29, 1.82) is 0 Å². The van der Waals surface area contributed by atoms with Crippen LogP contribution in [0.1, 0.15) is 12.5 Å². The number of anilines is 1. The number of urea groups is 1. The average Bonchev–Trinajstić information content (AvgIpc) is 2.96. The van der Waals surface area contributed by atoms with E-state index in [1.807, 2.05) is 0 Å². The molecule has 3 aromatic rings. The number of aromatic nitrogens is 1. The summed E-state index contributed by atoms with van der Waals surface area (Å²) in [6.45, 7) is 1.34. The molecule has 4 rings (SSSR count). The lowest BCUT2D eigenvalue weighted by Crippen LogP contribution is -2.33. The Morgan fingerprint density at radius 3 is 2.33 bits per heavy atom. The number of hydrogen-bond donors (Lipinski definition) is 0. The number of amides is 3. The molecule has 7 nitrogen and oxygen atoms in total. The summed E-state index contributed by atoms with van der Waals surface area (Å²) in [5, 5.41) is 0.201. The summed E-state index contributed by atoms with van der Waals surface area (Å²) in [6.07, 6.45) is 1.45. The number of pyridine rings is 1. The molecule has 1 aliphatic rings. The Morgan fingerprint density at radius 2 is 1.70 bits per heavy atom. The van der Waals surface area contributed by atoms with Gasteiger partial charge in [-0.3, -0.25) is 9.78 Å². The molecule has 172 valence electrons. The fraction of sp³-hybridized carbons (Fsp3) is 0.190. The van der Waals surface area contributed by atoms with Crippen molar-refractivity contribution in [3.63, 3.8) is 0 Å². The lowest BCUT2D eigenvalue weighted by Gasteiger charge is -2.20. The molecule has 3 amide bonds. The Kier molecular flexibility index (Phi) is 5.35. The molecule has 1 saturated heterocycles. The summed E-state index contributed by atoms with van der Waals surface area (Å²) in [7, 11) is -5.57. The molecule has 1 atom stereocenters. The maximum Gasteiger partial charge on any atom is 0.501 e. The third-order valence-electron chi connectivity index (χ3n) is 5.33. The van der Waals surface area contributed by atoms with E-state index in [2.05, 4.69) is 4.98 Å². The number of alkyl halides is 3. The molecule has 1 fully saturated rings. The highest BCUT2D eigenvalue weighted by Gasteiger charge is 2.47. The summed E-state index contributed by atoms with van der Waals surface area (Å²) in [6, 6.07) is 7.39. The quantitative estimate of drug-likeness (QED) is 0.415. The summed E-state index contributed by atoms with van der Waals surface area (Å²) in [4.78, 5) is 30.8. The maximum absolute atomic E-state index is 14.4. The minimum Gasteiger partial charge on any atom is -0.308 e. The van der Waals surface area contributed by atoms with E-state index in [9.17, 15) is 35.6 Å². The minimum absolute atomic E-state index is 0.0914. The van der Waals surface area contributed by atoms with Gasteiger partial charge in [0.2, 0.25) is 0 Å². The van der Waals surface area contributed by atoms with Crippen molar-refractivity contribution in [2.45, 2.75) is 29.9 Å². The van der Waals surface area contributed by atoms with Crippen molar-refractivity contribution >= 4 is 38.4 Å². The first-order valence-electron chi connectivity index (χ1n) is 9.51. The van der Waals surface area contributed by atoms with E-state index in [0.29, 0.717) is 23.2 Å². The highest BCUT2D eigenvalue weighted by Crippen LogP contribution is 2.33. The van der Waals surface area contributed by atoms with Crippen molar-refractivity contribution < 1.29 is 35.6 Å². The van der Waals surface area contributed by atoms with Gasteiger partial charge >= 0.3 is 11.5 Å².